The van der Waals surface area contributed by atoms with Crippen molar-refractivity contribution in [2.45, 2.75) is 53.4 Å². The molecule has 0 atom stereocenters. The van der Waals surface area contributed by atoms with Crippen LogP contribution >= 0.6 is 0 Å². The first kappa shape index (κ1) is 26.5. The Balaban J connectivity index is 0.000000227. The normalized spacial score (nSPS) is 10.4. The first-order valence-corrected chi connectivity index (χ1v) is 11.1. The van der Waals surface area contributed by atoms with Crippen LogP contribution in [0.15, 0.2) is 73.1 Å². The molecule has 4 nitrogen and oxygen atoms in total. The number of benzene rings is 2. The molecule has 0 unspecified atom stereocenters. The number of nitrogens with zero attached hydrogens (tertiary/aromatic N) is 4. The fourth-order valence-electron chi connectivity index (χ4n) is 3.31. The second-order valence-electron chi connectivity index (χ2n) is 8.50. The van der Waals surface area contributed by atoms with Crippen LogP contribution in [0.5, 0.6) is 0 Å². The zero-order valence-corrected chi connectivity index (χ0v) is 22.0. The van der Waals surface area contributed by atoms with Crippen molar-refractivity contribution in [3.63, 3.8) is 0 Å². The van der Waals surface area contributed by atoms with Gasteiger partial charge in [-0.25, -0.2) is 0 Å². The second-order valence-corrected chi connectivity index (χ2v) is 8.50. The largest absolute Gasteiger partial charge is 3.00 e. The van der Waals surface area contributed by atoms with Crippen molar-refractivity contribution in [3.05, 3.63) is 95.8 Å². The Morgan fingerprint density at radius 3 is 1.15 bits per heavy atom. The third-order valence-electron chi connectivity index (χ3n) is 5.21. The third kappa shape index (κ3) is 7.10. The van der Waals surface area contributed by atoms with Gasteiger partial charge in [0.05, 0.1) is 34.2 Å². The SMILES string of the molecule is Cc1nc(C(C)C)cnc1-c1ccccc1.Cc1nc(C(C)C)cnc1-c1ccccc1.[Ru+3]. The van der Waals surface area contributed by atoms with Crippen LogP contribution in [0.3, 0.4) is 0 Å². The number of rotatable bonds is 4. The molecule has 2 aromatic heterocycles. The van der Waals surface area contributed by atoms with E-state index in [4.69, 9.17) is 0 Å². The minimum absolute atomic E-state index is 0. The van der Waals surface area contributed by atoms with Gasteiger partial charge in [-0.05, 0) is 25.7 Å². The standard InChI is InChI=1S/2C14H16N2.Ru/c2*1-10(2)13-9-15-14(11(3)16-13)12-7-5-4-6-8-12;/h2*4-10H,1-3H3;/q;;+3. The number of aromatic nitrogens is 4. The molecule has 0 saturated heterocycles. The number of hydrogen-bond donors (Lipinski definition) is 0. The molecule has 0 amide bonds. The maximum Gasteiger partial charge on any atom is 3.00 e. The zero-order valence-electron chi connectivity index (χ0n) is 20.2. The molecule has 0 aliphatic rings. The number of hydrogen-bond acceptors (Lipinski definition) is 4. The summed E-state index contributed by atoms with van der Waals surface area (Å²) in [4.78, 5) is 18.2. The first-order chi connectivity index (χ1) is 15.4. The van der Waals surface area contributed by atoms with Crippen LogP contribution in [0, 0.1) is 13.8 Å². The van der Waals surface area contributed by atoms with Gasteiger partial charge in [0, 0.05) is 23.5 Å². The van der Waals surface area contributed by atoms with Crippen molar-refractivity contribution >= 4 is 0 Å². The van der Waals surface area contributed by atoms with Gasteiger partial charge in [0.25, 0.3) is 0 Å². The molecule has 33 heavy (non-hydrogen) atoms. The summed E-state index contributed by atoms with van der Waals surface area (Å²) in [6.07, 6.45) is 3.75. The van der Waals surface area contributed by atoms with Gasteiger partial charge in [-0.3, -0.25) is 19.9 Å². The van der Waals surface area contributed by atoms with Gasteiger partial charge in [-0.2, -0.15) is 0 Å². The molecule has 169 valence electrons. The Bertz CT molecular complexity index is 1050. The van der Waals surface area contributed by atoms with Crippen LogP contribution < -0.4 is 0 Å². The summed E-state index contributed by atoms with van der Waals surface area (Å²) in [5.74, 6) is 0.854. The van der Waals surface area contributed by atoms with Gasteiger partial charge in [0.2, 0.25) is 0 Å². The fourth-order valence-corrected chi connectivity index (χ4v) is 3.31. The minimum Gasteiger partial charge on any atom is -0.254 e. The van der Waals surface area contributed by atoms with Gasteiger partial charge in [-0.15, -0.1) is 0 Å². The molecule has 0 fully saturated rings. The van der Waals surface area contributed by atoms with Gasteiger partial charge in [0.15, 0.2) is 0 Å². The molecule has 2 aromatic carbocycles. The Hall–Kier alpha value is -2.78. The Morgan fingerprint density at radius 2 is 0.879 bits per heavy atom. The zero-order chi connectivity index (χ0) is 23.1. The molecule has 0 N–H and O–H groups in total. The summed E-state index contributed by atoms with van der Waals surface area (Å²) >= 11 is 0. The molecule has 0 aliphatic carbocycles. The summed E-state index contributed by atoms with van der Waals surface area (Å²) in [7, 11) is 0. The Kier molecular flexibility index (Phi) is 10.00. The van der Waals surface area contributed by atoms with Gasteiger partial charge >= 0.3 is 19.5 Å². The van der Waals surface area contributed by atoms with Crippen molar-refractivity contribution in [3.8, 4) is 22.5 Å². The maximum atomic E-state index is 4.59. The van der Waals surface area contributed by atoms with Crippen LogP contribution in [0.2, 0.25) is 0 Å². The molecule has 4 rings (SSSR count). The summed E-state index contributed by atoms with van der Waals surface area (Å²) in [5.41, 5.74) is 8.31. The van der Waals surface area contributed by atoms with E-state index in [9.17, 15) is 0 Å². The van der Waals surface area contributed by atoms with Crippen molar-refractivity contribution in [2.24, 2.45) is 0 Å². The van der Waals surface area contributed by atoms with Crippen LogP contribution in [0.1, 0.15) is 62.3 Å². The predicted octanol–water partition coefficient (Wildman–Crippen LogP) is 7.15. The van der Waals surface area contributed by atoms with E-state index < -0.39 is 0 Å². The van der Waals surface area contributed by atoms with Gasteiger partial charge in [-0.1, -0.05) is 88.4 Å². The third-order valence-corrected chi connectivity index (χ3v) is 5.21. The van der Waals surface area contributed by atoms with E-state index in [0.29, 0.717) is 11.8 Å². The van der Waals surface area contributed by atoms with Crippen LogP contribution in [0.4, 0.5) is 0 Å². The average Bonchev–Trinajstić information content (AvgIpc) is 2.80. The van der Waals surface area contributed by atoms with Crippen LogP contribution in [-0.4, -0.2) is 19.9 Å². The van der Waals surface area contributed by atoms with E-state index in [-0.39, 0.29) is 19.5 Å². The molecule has 2 heterocycles. The summed E-state index contributed by atoms with van der Waals surface area (Å²) in [6.45, 7) is 12.6. The molecule has 0 bridgehead atoms. The molecular weight excluding hydrogens is 493 g/mol. The van der Waals surface area contributed by atoms with E-state index in [1.165, 1.54) is 0 Å². The van der Waals surface area contributed by atoms with Gasteiger partial charge in [0.1, 0.15) is 0 Å². The molecule has 0 spiro atoms. The number of aryl methyl sites for hydroxylation is 2. The summed E-state index contributed by atoms with van der Waals surface area (Å²) in [5, 5.41) is 0. The van der Waals surface area contributed by atoms with Crippen molar-refractivity contribution in [1.29, 1.82) is 0 Å². The first-order valence-electron chi connectivity index (χ1n) is 11.1. The summed E-state index contributed by atoms with van der Waals surface area (Å²) < 4.78 is 0. The quantitative estimate of drug-likeness (QED) is 0.266. The molecule has 0 saturated carbocycles. The molecule has 0 aliphatic heterocycles. The van der Waals surface area contributed by atoms with E-state index in [1.807, 2.05) is 62.6 Å². The monoisotopic (exact) mass is 526 g/mol. The fraction of sp³-hybridized carbons (Fsp3) is 0.286. The topological polar surface area (TPSA) is 51.6 Å². The second kappa shape index (κ2) is 12.5. The molecule has 1 radical (unpaired) electrons. The molecule has 5 heteroatoms. The minimum atomic E-state index is 0. The Labute approximate surface area is 210 Å². The van der Waals surface area contributed by atoms with Crippen LogP contribution in [-0.2, 0) is 19.5 Å². The molecule has 4 aromatic rings. The smallest absolute Gasteiger partial charge is 0.254 e. The van der Waals surface area contributed by atoms with E-state index >= 15 is 0 Å². The van der Waals surface area contributed by atoms with Crippen molar-refractivity contribution in [1.82, 2.24) is 19.9 Å². The predicted molar refractivity (Wildman–Crippen MR) is 133 cm³/mol. The van der Waals surface area contributed by atoms with Crippen molar-refractivity contribution in [2.75, 3.05) is 0 Å². The molecular formula is C28H32N4Ru+3. The summed E-state index contributed by atoms with van der Waals surface area (Å²) in [6, 6.07) is 20.3. The maximum absolute atomic E-state index is 4.59. The van der Waals surface area contributed by atoms with E-state index in [0.717, 1.165) is 45.3 Å². The van der Waals surface area contributed by atoms with Gasteiger partial charge < -0.3 is 0 Å². The Morgan fingerprint density at radius 1 is 0.545 bits per heavy atom. The van der Waals surface area contributed by atoms with Crippen LogP contribution in [0.25, 0.3) is 22.5 Å². The average molecular weight is 526 g/mol. The van der Waals surface area contributed by atoms with E-state index in [1.54, 1.807) is 0 Å². The van der Waals surface area contributed by atoms with E-state index in [2.05, 4.69) is 71.9 Å². The van der Waals surface area contributed by atoms with Crippen molar-refractivity contribution < 1.29 is 19.5 Å².